The van der Waals surface area contributed by atoms with Gasteiger partial charge in [0.15, 0.2) is 21.6 Å². The highest BCUT2D eigenvalue weighted by molar-refractivity contribution is 8.16. The smallest absolute Gasteiger partial charge is 0.285 e. The van der Waals surface area contributed by atoms with Gasteiger partial charge in [-0.05, 0) is 49.2 Å². The van der Waals surface area contributed by atoms with Gasteiger partial charge in [0.25, 0.3) is 5.91 Å². The van der Waals surface area contributed by atoms with Gasteiger partial charge >= 0.3 is 0 Å². The van der Waals surface area contributed by atoms with Crippen LogP contribution in [0.4, 0.5) is 5.69 Å². The molecule has 29 heavy (non-hydrogen) atoms. The summed E-state index contributed by atoms with van der Waals surface area (Å²) in [5.74, 6) is 0.394. The first-order chi connectivity index (χ1) is 13.8. The van der Waals surface area contributed by atoms with E-state index >= 15 is 0 Å². The van der Waals surface area contributed by atoms with Gasteiger partial charge in [-0.25, -0.2) is 8.42 Å². The molecule has 0 unspecified atom stereocenters. The molecule has 2 heterocycles. The lowest BCUT2D eigenvalue weighted by molar-refractivity contribution is -0.119. The number of hydrogen-bond acceptors (Lipinski definition) is 5. The number of benzene rings is 2. The van der Waals surface area contributed by atoms with Gasteiger partial charge in [0.1, 0.15) is 5.75 Å². The predicted molar refractivity (Wildman–Crippen MR) is 117 cm³/mol. The van der Waals surface area contributed by atoms with Crippen LogP contribution in [-0.2, 0) is 14.6 Å². The fourth-order valence-corrected chi connectivity index (χ4v) is 7.69. The van der Waals surface area contributed by atoms with Crippen LogP contribution >= 0.6 is 11.8 Å². The van der Waals surface area contributed by atoms with Crippen molar-refractivity contribution in [2.24, 2.45) is 4.99 Å². The Morgan fingerprint density at radius 2 is 1.83 bits per heavy atom. The molecular weight excluding hydrogens is 408 g/mol. The molecule has 1 amide bonds. The van der Waals surface area contributed by atoms with E-state index in [0.29, 0.717) is 10.9 Å². The largest absolute Gasteiger partial charge is 0.484 e. The Bertz CT molecular complexity index is 1050. The summed E-state index contributed by atoms with van der Waals surface area (Å²) in [4.78, 5) is 18.7. The SMILES string of the molecule is Cc1cc(C)cc(N2C(=NC(=O)COc3ccccc3)S[C@@H]3CS(=O)(=O)C[C@H]32)c1. The molecule has 0 spiro atoms. The first-order valence-corrected chi connectivity index (χ1v) is 12.0. The van der Waals surface area contributed by atoms with Gasteiger partial charge in [0, 0.05) is 10.9 Å². The number of amides is 1. The number of carbonyl (C=O) groups is 1. The fraction of sp³-hybridized carbons (Fsp3) is 0.333. The lowest BCUT2D eigenvalue weighted by Gasteiger charge is -2.25. The average Bonchev–Trinajstić information content (AvgIpc) is 3.10. The molecule has 2 aliphatic heterocycles. The average molecular weight is 431 g/mol. The zero-order chi connectivity index (χ0) is 20.6. The number of rotatable bonds is 4. The fourth-order valence-electron chi connectivity index (χ4n) is 3.76. The Hall–Kier alpha value is -2.32. The van der Waals surface area contributed by atoms with Crippen molar-refractivity contribution in [1.29, 1.82) is 0 Å². The van der Waals surface area contributed by atoms with Crippen LogP contribution in [0.25, 0.3) is 0 Å². The predicted octanol–water partition coefficient (Wildman–Crippen LogP) is 2.98. The highest BCUT2D eigenvalue weighted by Crippen LogP contribution is 2.41. The molecule has 0 bridgehead atoms. The molecule has 2 aliphatic rings. The lowest BCUT2D eigenvalue weighted by Crippen LogP contribution is -2.38. The normalized spacial score (nSPS) is 23.9. The van der Waals surface area contributed by atoms with Crippen LogP contribution in [0.3, 0.4) is 0 Å². The maximum absolute atomic E-state index is 12.5. The van der Waals surface area contributed by atoms with E-state index in [1.165, 1.54) is 11.8 Å². The molecule has 0 N–H and O–H groups in total. The summed E-state index contributed by atoms with van der Waals surface area (Å²) >= 11 is 1.37. The molecule has 2 fully saturated rings. The second-order valence-electron chi connectivity index (χ2n) is 7.41. The number of nitrogens with zero attached hydrogens (tertiary/aromatic N) is 2. The second kappa shape index (κ2) is 7.84. The molecule has 2 atom stereocenters. The van der Waals surface area contributed by atoms with Crippen molar-refractivity contribution in [1.82, 2.24) is 0 Å². The van der Waals surface area contributed by atoms with E-state index in [4.69, 9.17) is 4.74 Å². The van der Waals surface area contributed by atoms with Crippen molar-refractivity contribution in [3.05, 3.63) is 59.7 Å². The van der Waals surface area contributed by atoms with E-state index in [-0.39, 0.29) is 29.4 Å². The minimum atomic E-state index is -3.09. The Morgan fingerprint density at radius 3 is 2.52 bits per heavy atom. The van der Waals surface area contributed by atoms with Crippen LogP contribution in [0.2, 0.25) is 0 Å². The van der Waals surface area contributed by atoms with Gasteiger partial charge in [-0.3, -0.25) is 4.79 Å². The molecule has 152 valence electrons. The number of carbonyl (C=O) groups excluding carboxylic acids is 1. The van der Waals surface area contributed by atoms with Crippen molar-refractivity contribution in [3.8, 4) is 5.75 Å². The second-order valence-corrected chi connectivity index (χ2v) is 10.8. The number of sulfone groups is 1. The number of fused-ring (bicyclic) bond motifs is 1. The molecule has 2 aromatic carbocycles. The maximum atomic E-state index is 12.5. The summed E-state index contributed by atoms with van der Waals surface area (Å²) in [6.45, 7) is 3.83. The van der Waals surface area contributed by atoms with Crippen LogP contribution in [0, 0.1) is 13.8 Å². The van der Waals surface area contributed by atoms with Crippen molar-refractivity contribution in [2.45, 2.75) is 25.1 Å². The van der Waals surface area contributed by atoms with E-state index in [2.05, 4.69) is 11.1 Å². The van der Waals surface area contributed by atoms with E-state index in [1.54, 1.807) is 12.1 Å². The number of para-hydroxylation sites is 1. The summed E-state index contributed by atoms with van der Waals surface area (Å²) in [5.41, 5.74) is 3.02. The van der Waals surface area contributed by atoms with E-state index in [9.17, 15) is 13.2 Å². The van der Waals surface area contributed by atoms with Crippen molar-refractivity contribution < 1.29 is 17.9 Å². The molecule has 8 heteroatoms. The third-order valence-electron chi connectivity index (χ3n) is 4.88. The van der Waals surface area contributed by atoms with Crippen LogP contribution in [-0.4, -0.2) is 48.9 Å². The number of ether oxygens (including phenoxy) is 1. The summed E-state index contributed by atoms with van der Waals surface area (Å²) in [7, 11) is -3.09. The molecule has 0 aromatic heterocycles. The maximum Gasteiger partial charge on any atom is 0.285 e. The van der Waals surface area contributed by atoms with Crippen LogP contribution in [0.5, 0.6) is 5.75 Å². The van der Waals surface area contributed by atoms with Gasteiger partial charge in [-0.15, -0.1) is 0 Å². The summed E-state index contributed by atoms with van der Waals surface area (Å²) in [5, 5.41) is 0.420. The Balaban J connectivity index is 1.60. The topological polar surface area (TPSA) is 76.0 Å². The summed E-state index contributed by atoms with van der Waals surface area (Å²) < 4.78 is 29.9. The molecule has 0 aliphatic carbocycles. The van der Waals surface area contributed by atoms with Gasteiger partial charge in [-0.2, -0.15) is 4.99 Å². The Morgan fingerprint density at radius 1 is 1.14 bits per heavy atom. The quantitative estimate of drug-likeness (QED) is 0.742. The zero-order valence-corrected chi connectivity index (χ0v) is 17.9. The van der Waals surface area contributed by atoms with E-state index in [1.807, 2.05) is 49.1 Å². The number of thioether (sulfide) groups is 1. The number of aryl methyl sites for hydroxylation is 2. The van der Waals surface area contributed by atoms with Gasteiger partial charge in [-0.1, -0.05) is 36.0 Å². The molecule has 2 aromatic rings. The minimum Gasteiger partial charge on any atom is -0.484 e. The molecule has 2 saturated heterocycles. The number of aliphatic imine (C=N–C) groups is 1. The van der Waals surface area contributed by atoms with Crippen molar-refractivity contribution >= 4 is 38.4 Å². The standard InChI is InChI=1S/C21H22N2O4S2/c1-14-8-15(2)10-16(9-14)23-18-12-29(25,26)13-19(18)28-21(23)22-20(24)11-27-17-6-4-3-5-7-17/h3-10,18-19H,11-13H2,1-2H3/t18-,19-/m1/s1. The van der Waals surface area contributed by atoms with E-state index in [0.717, 1.165) is 16.8 Å². The molecule has 0 saturated carbocycles. The first-order valence-electron chi connectivity index (χ1n) is 9.35. The van der Waals surface area contributed by atoms with Gasteiger partial charge in [0.2, 0.25) is 0 Å². The number of anilines is 1. The summed E-state index contributed by atoms with van der Waals surface area (Å²) in [6.07, 6.45) is 0. The highest BCUT2D eigenvalue weighted by Gasteiger charge is 2.49. The third kappa shape index (κ3) is 4.48. The zero-order valence-electron chi connectivity index (χ0n) is 16.2. The van der Waals surface area contributed by atoms with Crippen molar-refractivity contribution in [3.63, 3.8) is 0 Å². The Labute approximate surface area is 174 Å². The molecule has 4 rings (SSSR count). The molecular formula is C21H22N2O4S2. The monoisotopic (exact) mass is 430 g/mol. The lowest BCUT2D eigenvalue weighted by atomic mass is 10.1. The first kappa shape index (κ1) is 20.0. The molecule has 0 radical (unpaired) electrons. The van der Waals surface area contributed by atoms with Gasteiger partial charge in [0.05, 0.1) is 17.5 Å². The minimum absolute atomic E-state index is 0.0748. The van der Waals surface area contributed by atoms with Gasteiger partial charge < -0.3 is 9.64 Å². The van der Waals surface area contributed by atoms with Crippen LogP contribution in [0.1, 0.15) is 11.1 Å². The summed E-state index contributed by atoms with van der Waals surface area (Å²) in [6, 6.07) is 15.0. The number of hydrogen-bond donors (Lipinski definition) is 0. The van der Waals surface area contributed by atoms with Crippen LogP contribution in [0.15, 0.2) is 53.5 Å². The Kier molecular flexibility index (Phi) is 5.40. The third-order valence-corrected chi connectivity index (χ3v) is 8.09. The van der Waals surface area contributed by atoms with E-state index < -0.39 is 15.7 Å². The number of amidine groups is 1. The van der Waals surface area contributed by atoms with Crippen LogP contribution < -0.4 is 9.64 Å². The van der Waals surface area contributed by atoms with Crippen molar-refractivity contribution in [2.75, 3.05) is 23.0 Å². The highest BCUT2D eigenvalue weighted by atomic mass is 32.2. The molecule has 6 nitrogen and oxygen atoms in total.